The molecule has 0 aliphatic rings. The van der Waals surface area contributed by atoms with E-state index in [0.717, 1.165) is 12.1 Å². The van der Waals surface area contributed by atoms with Crippen LogP contribution in [0, 0.1) is 5.82 Å². The lowest BCUT2D eigenvalue weighted by Gasteiger charge is -2.15. The summed E-state index contributed by atoms with van der Waals surface area (Å²) in [6, 6.07) is 2.23. The Morgan fingerprint density at radius 1 is 1.31 bits per heavy atom. The second kappa shape index (κ2) is 5.84. The Morgan fingerprint density at radius 2 is 1.88 bits per heavy atom. The van der Waals surface area contributed by atoms with Crippen molar-refractivity contribution in [3.8, 4) is 0 Å². The monoisotopic (exact) mass is 321 g/mol. The van der Waals surface area contributed by atoms with Gasteiger partial charge in [0.05, 0.1) is 6.42 Å². The van der Waals surface area contributed by atoms with Gasteiger partial charge in [0, 0.05) is 10.5 Å². The van der Waals surface area contributed by atoms with Crippen LogP contribution in [0.15, 0.2) is 22.7 Å². The molecule has 0 saturated heterocycles. The molecule has 0 bridgehead atoms. The average molecular weight is 323 g/mol. The molecular weight excluding hydrogens is 313 g/mol. The Labute approximate surface area is 105 Å². The molecule has 2 N–H and O–H groups in total. The molecule has 0 aromatic heterocycles. The first-order valence-electron chi connectivity index (χ1n) is 4.07. The van der Waals surface area contributed by atoms with Crippen LogP contribution in [-0.2, 0) is 0 Å². The van der Waals surface area contributed by atoms with Crippen LogP contribution in [0.25, 0.3) is 0 Å². The van der Waals surface area contributed by atoms with Crippen molar-refractivity contribution in [1.29, 1.82) is 0 Å². The Balaban J connectivity index is 0.00000225. The minimum Gasteiger partial charge on any atom is -0.324 e. The molecule has 1 atom stereocenters. The summed E-state index contributed by atoms with van der Waals surface area (Å²) in [5.74, 6) is -0.606. The molecule has 0 fully saturated rings. The predicted molar refractivity (Wildman–Crippen MR) is 58.9 cm³/mol. The van der Waals surface area contributed by atoms with Gasteiger partial charge in [-0.05, 0) is 23.8 Å². The highest BCUT2D eigenvalue weighted by Gasteiger charge is 2.31. The molecule has 1 aromatic carbocycles. The molecule has 0 aliphatic carbocycles. The van der Waals surface area contributed by atoms with Crippen LogP contribution < -0.4 is 5.73 Å². The van der Waals surface area contributed by atoms with Crippen LogP contribution in [0.3, 0.4) is 0 Å². The summed E-state index contributed by atoms with van der Waals surface area (Å²) in [5, 5.41) is 0. The maximum absolute atomic E-state index is 12.8. The summed E-state index contributed by atoms with van der Waals surface area (Å²) >= 11 is 3.02. The normalized spacial score (nSPS) is 13.1. The second-order valence-electron chi connectivity index (χ2n) is 3.09. The lowest BCUT2D eigenvalue weighted by atomic mass is 10.0. The Bertz CT molecular complexity index is 356. The van der Waals surface area contributed by atoms with Crippen LogP contribution in [0.5, 0.6) is 0 Å². The smallest absolute Gasteiger partial charge is 0.324 e. The maximum Gasteiger partial charge on any atom is 0.390 e. The highest BCUT2D eigenvalue weighted by molar-refractivity contribution is 9.10. The summed E-state index contributed by atoms with van der Waals surface area (Å²) in [4.78, 5) is 0. The maximum atomic E-state index is 12.8. The topological polar surface area (TPSA) is 26.0 Å². The largest absolute Gasteiger partial charge is 0.390 e. The van der Waals surface area contributed by atoms with E-state index in [1.807, 2.05) is 0 Å². The van der Waals surface area contributed by atoms with Gasteiger partial charge in [-0.25, -0.2) is 4.39 Å². The van der Waals surface area contributed by atoms with Crippen molar-refractivity contribution < 1.29 is 17.6 Å². The predicted octanol–water partition coefficient (Wildman–Crippen LogP) is 3.96. The summed E-state index contributed by atoms with van der Waals surface area (Å²) < 4.78 is 49.3. The Kier molecular flexibility index (Phi) is 5.72. The standard InChI is InChI=1S/C9H8BrF4N.ClH/c10-7-2-1-5(11)3-6(7)8(15)4-9(12,13)14;/h1-3,8H,4,15H2;1H/t8-;/m0./s1. The Morgan fingerprint density at radius 3 is 2.38 bits per heavy atom. The van der Waals surface area contributed by atoms with Crippen LogP contribution in [-0.4, -0.2) is 6.18 Å². The first-order valence-corrected chi connectivity index (χ1v) is 4.86. The van der Waals surface area contributed by atoms with Crippen LogP contribution in [0.4, 0.5) is 17.6 Å². The summed E-state index contributed by atoms with van der Waals surface area (Å²) in [6.45, 7) is 0. The van der Waals surface area contributed by atoms with Crippen molar-refractivity contribution in [2.45, 2.75) is 18.6 Å². The second-order valence-corrected chi connectivity index (χ2v) is 3.95. The van der Waals surface area contributed by atoms with Gasteiger partial charge in [0.15, 0.2) is 0 Å². The van der Waals surface area contributed by atoms with Crippen LogP contribution in [0.1, 0.15) is 18.0 Å². The van der Waals surface area contributed by atoms with Gasteiger partial charge in [0.1, 0.15) is 5.82 Å². The zero-order valence-corrected chi connectivity index (χ0v) is 10.3. The lowest BCUT2D eigenvalue weighted by Crippen LogP contribution is -2.20. The van der Waals surface area contributed by atoms with Gasteiger partial charge in [-0.15, -0.1) is 12.4 Å². The Hall–Kier alpha value is -0.330. The third kappa shape index (κ3) is 4.67. The zero-order chi connectivity index (χ0) is 11.6. The molecule has 1 aromatic rings. The molecule has 1 nitrogen and oxygen atoms in total. The van der Waals surface area contributed by atoms with Gasteiger partial charge >= 0.3 is 6.18 Å². The first-order chi connectivity index (χ1) is 6.79. The fraction of sp³-hybridized carbons (Fsp3) is 0.333. The van der Waals surface area contributed by atoms with Crippen molar-refractivity contribution in [3.05, 3.63) is 34.1 Å². The number of hydrogen-bond donors (Lipinski definition) is 1. The molecule has 0 saturated carbocycles. The molecule has 0 radical (unpaired) electrons. The summed E-state index contributed by atoms with van der Waals surface area (Å²) in [6.07, 6.45) is -5.53. The first kappa shape index (κ1) is 15.7. The van der Waals surface area contributed by atoms with E-state index in [-0.39, 0.29) is 18.0 Å². The van der Waals surface area contributed by atoms with Crippen molar-refractivity contribution in [2.24, 2.45) is 5.73 Å². The average Bonchev–Trinajstić information content (AvgIpc) is 2.06. The highest BCUT2D eigenvalue weighted by atomic mass is 79.9. The molecule has 0 spiro atoms. The molecule has 0 heterocycles. The van der Waals surface area contributed by atoms with E-state index < -0.39 is 24.5 Å². The fourth-order valence-corrected chi connectivity index (χ4v) is 1.70. The van der Waals surface area contributed by atoms with E-state index in [4.69, 9.17) is 5.73 Å². The third-order valence-electron chi connectivity index (χ3n) is 1.81. The van der Waals surface area contributed by atoms with Crippen LogP contribution >= 0.6 is 28.3 Å². The van der Waals surface area contributed by atoms with Crippen LogP contribution in [0.2, 0.25) is 0 Å². The van der Waals surface area contributed by atoms with E-state index >= 15 is 0 Å². The number of nitrogens with two attached hydrogens (primary N) is 1. The van der Waals surface area contributed by atoms with Crippen molar-refractivity contribution >= 4 is 28.3 Å². The van der Waals surface area contributed by atoms with E-state index in [9.17, 15) is 17.6 Å². The van der Waals surface area contributed by atoms with E-state index in [1.165, 1.54) is 6.07 Å². The van der Waals surface area contributed by atoms with Gasteiger partial charge < -0.3 is 5.73 Å². The van der Waals surface area contributed by atoms with Gasteiger partial charge in [0.2, 0.25) is 0 Å². The number of halogens is 6. The van der Waals surface area contributed by atoms with Gasteiger partial charge in [0.25, 0.3) is 0 Å². The van der Waals surface area contributed by atoms with Gasteiger partial charge in [-0.1, -0.05) is 15.9 Å². The molecule has 92 valence electrons. The molecule has 1 rings (SSSR count). The van der Waals surface area contributed by atoms with Gasteiger partial charge in [-0.3, -0.25) is 0 Å². The van der Waals surface area contributed by atoms with E-state index in [0.29, 0.717) is 4.47 Å². The fourth-order valence-electron chi connectivity index (χ4n) is 1.16. The summed E-state index contributed by atoms with van der Waals surface area (Å²) in [7, 11) is 0. The molecule has 0 unspecified atom stereocenters. The zero-order valence-electron chi connectivity index (χ0n) is 7.89. The molecule has 0 amide bonds. The number of hydrogen-bond acceptors (Lipinski definition) is 1. The van der Waals surface area contributed by atoms with Crippen molar-refractivity contribution in [2.75, 3.05) is 0 Å². The van der Waals surface area contributed by atoms with E-state index in [1.54, 1.807) is 0 Å². The van der Waals surface area contributed by atoms with Crippen molar-refractivity contribution in [3.63, 3.8) is 0 Å². The lowest BCUT2D eigenvalue weighted by molar-refractivity contribution is -0.138. The molecule has 7 heteroatoms. The molecule has 0 aliphatic heterocycles. The molecule has 16 heavy (non-hydrogen) atoms. The third-order valence-corrected chi connectivity index (χ3v) is 2.53. The molecular formula is C9H9BrClF4N. The quantitative estimate of drug-likeness (QED) is 0.819. The minimum atomic E-state index is -4.36. The van der Waals surface area contributed by atoms with Crippen molar-refractivity contribution in [1.82, 2.24) is 0 Å². The number of rotatable bonds is 2. The minimum absolute atomic E-state index is 0. The number of benzene rings is 1. The van der Waals surface area contributed by atoms with Gasteiger partial charge in [-0.2, -0.15) is 13.2 Å². The van der Waals surface area contributed by atoms with E-state index in [2.05, 4.69) is 15.9 Å². The number of alkyl halides is 3. The summed E-state index contributed by atoms with van der Waals surface area (Å²) in [5.41, 5.74) is 5.45. The highest BCUT2D eigenvalue weighted by Crippen LogP contribution is 2.31. The SMILES string of the molecule is Cl.N[C@@H](CC(F)(F)F)c1cc(F)ccc1Br.